The van der Waals surface area contributed by atoms with E-state index in [0.717, 1.165) is 105 Å². The summed E-state index contributed by atoms with van der Waals surface area (Å²) >= 11 is 0. The zero-order valence-electron chi connectivity index (χ0n) is 33.8. The molecule has 0 aliphatic carbocycles. The van der Waals surface area contributed by atoms with E-state index in [0.29, 0.717) is 17.1 Å². The van der Waals surface area contributed by atoms with Gasteiger partial charge < -0.3 is 9.40 Å². The standard InChI is InChI=1S/C57H35N5O/c1-4-15-35(16-5-1)38-26-27-49-46(32-38)47-33-40(37-19-8-3-9-20-37)34-48(53(47)59-49)56-60-52(55-54(61-56)45-22-11-13-25-51(45)63-55)41-29-39(36-17-6-2-7-18-36)30-42(31-41)62-50-24-12-10-21-43(50)44-23-14-28-58-57(44)62/h1-34,59H. The van der Waals surface area contributed by atoms with Crippen LogP contribution in [0.3, 0.4) is 0 Å². The van der Waals surface area contributed by atoms with E-state index in [1.165, 1.54) is 5.56 Å². The van der Waals surface area contributed by atoms with Crippen LogP contribution in [0.1, 0.15) is 0 Å². The first-order chi connectivity index (χ1) is 31.2. The zero-order valence-corrected chi connectivity index (χ0v) is 33.8. The zero-order chi connectivity index (χ0) is 41.4. The van der Waals surface area contributed by atoms with Crippen LogP contribution in [0.25, 0.3) is 128 Å². The van der Waals surface area contributed by atoms with Gasteiger partial charge in [-0.05, 0) is 106 Å². The number of furan rings is 1. The lowest BCUT2D eigenvalue weighted by atomic mass is 9.97. The second-order valence-electron chi connectivity index (χ2n) is 16.1. The van der Waals surface area contributed by atoms with Crippen LogP contribution in [0.2, 0.25) is 0 Å². The van der Waals surface area contributed by atoms with Crippen LogP contribution < -0.4 is 0 Å². The predicted octanol–water partition coefficient (Wildman–Crippen LogP) is 14.8. The summed E-state index contributed by atoms with van der Waals surface area (Å²) in [5.41, 5.74) is 16.3. The van der Waals surface area contributed by atoms with Gasteiger partial charge in [0.1, 0.15) is 22.4 Å². The van der Waals surface area contributed by atoms with E-state index in [4.69, 9.17) is 19.4 Å². The third kappa shape index (κ3) is 5.69. The monoisotopic (exact) mass is 805 g/mol. The molecule has 0 aliphatic heterocycles. The summed E-state index contributed by atoms with van der Waals surface area (Å²) in [4.78, 5) is 19.8. The Kier molecular flexibility index (Phi) is 7.80. The van der Waals surface area contributed by atoms with Gasteiger partial charge in [-0.2, -0.15) is 0 Å². The van der Waals surface area contributed by atoms with E-state index < -0.39 is 0 Å². The first kappa shape index (κ1) is 35.2. The minimum absolute atomic E-state index is 0.604. The number of aromatic nitrogens is 5. The van der Waals surface area contributed by atoms with Crippen molar-refractivity contribution in [3.8, 4) is 61.7 Å². The summed E-state index contributed by atoms with van der Waals surface area (Å²) in [5, 5.41) is 5.42. The fourth-order valence-corrected chi connectivity index (χ4v) is 9.42. The highest BCUT2D eigenvalue weighted by Gasteiger charge is 2.23. The normalized spacial score (nSPS) is 11.8. The number of benzene rings is 8. The number of fused-ring (bicyclic) bond motifs is 9. The van der Waals surface area contributed by atoms with Crippen molar-refractivity contribution in [2.75, 3.05) is 0 Å². The Bertz CT molecular complexity index is 3850. The number of aromatic amines is 1. The quantitative estimate of drug-likeness (QED) is 0.182. The summed E-state index contributed by atoms with van der Waals surface area (Å²) in [5.74, 6) is 0.604. The van der Waals surface area contributed by atoms with Gasteiger partial charge in [0.25, 0.3) is 0 Å². The molecule has 13 aromatic rings. The van der Waals surface area contributed by atoms with Crippen molar-refractivity contribution in [3.63, 3.8) is 0 Å². The molecule has 6 nitrogen and oxygen atoms in total. The van der Waals surface area contributed by atoms with E-state index in [-0.39, 0.29) is 0 Å². The van der Waals surface area contributed by atoms with Crippen molar-refractivity contribution in [1.29, 1.82) is 0 Å². The molecule has 5 aromatic heterocycles. The van der Waals surface area contributed by atoms with Gasteiger partial charge in [-0.1, -0.05) is 127 Å². The van der Waals surface area contributed by atoms with Gasteiger partial charge in [0, 0.05) is 55.5 Å². The van der Waals surface area contributed by atoms with E-state index in [9.17, 15) is 0 Å². The van der Waals surface area contributed by atoms with Crippen LogP contribution in [-0.2, 0) is 0 Å². The fraction of sp³-hybridized carbons (Fsp3) is 0. The molecule has 0 saturated heterocycles. The average Bonchev–Trinajstić information content (AvgIpc) is 4.03. The molecule has 0 amide bonds. The predicted molar refractivity (Wildman–Crippen MR) is 258 cm³/mol. The van der Waals surface area contributed by atoms with Gasteiger partial charge in [0.2, 0.25) is 0 Å². The van der Waals surface area contributed by atoms with Gasteiger partial charge >= 0.3 is 0 Å². The Morgan fingerprint density at radius 2 is 1.08 bits per heavy atom. The molecule has 0 radical (unpaired) electrons. The molecule has 13 rings (SSSR count). The van der Waals surface area contributed by atoms with E-state index >= 15 is 0 Å². The van der Waals surface area contributed by atoms with Crippen molar-refractivity contribution < 1.29 is 4.42 Å². The lowest BCUT2D eigenvalue weighted by Gasteiger charge is -2.14. The highest BCUT2D eigenvalue weighted by atomic mass is 16.3. The number of H-pyrrole nitrogens is 1. The Hall–Kier alpha value is -8.61. The summed E-state index contributed by atoms with van der Waals surface area (Å²) < 4.78 is 9.04. The third-order valence-electron chi connectivity index (χ3n) is 12.4. The minimum Gasteiger partial charge on any atom is -0.452 e. The van der Waals surface area contributed by atoms with Gasteiger partial charge in [-0.3, -0.25) is 4.57 Å². The van der Waals surface area contributed by atoms with Crippen molar-refractivity contribution >= 4 is 65.8 Å². The number of rotatable bonds is 6. The molecule has 0 unspecified atom stereocenters. The maximum Gasteiger partial charge on any atom is 0.180 e. The Labute approximate surface area is 361 Å². The Morgan fingerprint density at radius 1 is 0.444 bits per heavy atom. The number of para-hydroxylation sites is 2. The molecular weight excluding hydrogens is 771 g/mol. The molecule has 1 N–H and O–H groups in total. The molecule has 5 heterocycles. The number of hydrogen-bond donors (Lipinski definition) is 1. The second kappa shape index (κ2) is 14.0. The molecule has 63 heavy (non-hydrogen) atoms. The Morgan fingerprint density at radius 3 is 1.86 bits per heavy atom. The molecular formula is C57H35N5O. The Balaban J connectivity index is 1.12. The van der Waals surface area contributed by atoms with E-state index in [2.05, 4.69) is 185 Å². The van der Waals surface area contributed by atoms with Crippen LogP contribution in [0, 0.1) is 0 Å². The fourth-order valence-electron chi connectivity index (χ4n) is 9.42. The number of pyridine rings is 1. The van der Waals surface area contributed by atoms with E-state index in [1.807, 2.05) is 30.5 Å². The average molecular weight is 806 g/mol. The number of hydrogen-bond acceptors (Lipinski definition) is 4. The lowest BCUT2D eigenvalue weighted by molar-refractivity contribution is 0.667. The molecule has 6 heteroatoms. The van der Waals surface area contributed by atoms with Gasteiger partial charge in [0.05, 0.1) is 11.0 Å². The van der Waals surface area contributed by atoms with Crippen molar-refractivity contribution in [3.05, 3.63) is 206 Å². The first-order valence-corrected chi connectivity index (χ1v) is 21.2. The van der Waals surface area contributed by atoms with Crippen molar-refractivity contribution in [2.45, 2.75) is 0 Å². The molecule has 0 spiro atoms. The molecule has 0 atom stereocenters. The largest absolute Gasteiger partial charge is 0.452 e. The molecule has 8 aromatic carbocycles. The lowest BCUT2D eigenvalue weighted by Crippen LogP contribution is -1.99. The first-order valence-electron chi connectivity index (χ1n) is 21.2. The minimum atomic E-state index is 0.604. The second-order valence-corrected chi connectivity index (χ2v) is 16.1. The maximum absolute atomic E-state index is 6.78. The highest BCUT2D eigenvalue weighted by Crippen LogP contribution is 2.43. The molecule has 0 aliphatic rings. The maximum atomic E-state index is 6.78. The summed E-state index contributed by atoms with van der Waals surface area (Å²) in [6.45, 7) is 0. The number of nitrogens with one attached hydrogen (secondary N) is 1. The number of nitrogens with zero attached hydrogens (tertiary/aromatic N) is 4. The summed E-state index contributed by atoms with van der Waals surface area (Å²) in [6, 6.07) is 70.3. The topological polar surface area (TPSA) is 72.5 Å². The molecule has 0 fully saturated rings. The highest BCUT2D eigenvalue weighted by molar-refractivity contribution is 6.15. The van der Waals surface area contributed by atoms with Crippen molar-refractivity contribution in [2.24, 2.45) is 0 Å². The van der Waals surface area contributed by atoms with Gasteiger partial charge in [-0.25, -0.2) is 15.0 Å². The third-order valence-corrected chi connectivity index (χ3v) is 12.4. The smallest absolute Gasteiger partial charge is 0.180 e. The van der Waals surface area contributed by atoms with Crippen LogP contribution in [0.4, 0.5) is 0 Å². The van der Waals surface area contributed by atoms with Crippen LogP contribution >= 0.6 is 0 Å². The van der Waals surface area contributed by atoms with E-state index in [1.54, 1.807) is 0 Å². The van der Waals surface area contributed by atoms with Gasteiger partial charge in [-0.15, -0.1) is 0 Å². The SMILES string of the molecule is c1ccc(-c2cc(-c3nc(-c4cc(-c5ccccc5)cc5c4[nH]c4ccc(-c6ccccc6)cc45)nc4c3oc3ccccc34)cc(-n3c4ccccc4c4cccnc43)c2)cc1. The van der Waals surface area contributed by atoms with Crippen molar-refractivity contribution in [1.82, 2.24) is 24.5 Å². The molecule has 0 bridgehead atoms. The summed E-state index contributed by atoms with van der Waals surface area (Å²) in [7, 11) is 0. The van der Waals surface area contributed by atoms with Gasteiger partial charge in [0.15, 0.2) is 11.4 Å². The van der Waals surface area contributed by atoms with Crippen LogP contribution in [-0.4, -0.2) is 24.5 Å². The molecule has 0 saturated carbocycles. The molecule has 294 valence electrons. The van der Waals surface area contributed by atoms with Crippen LogP contribution in [0.15, 0.2) is 211 Å². The summed E-state index contributed by atoms with van der Waals surface area (Å²) in [6.07, 6.45) is 1.87. The van der Waals surface area contributed by atoms with Crippen LogP contribution in [0.5, 0.6) is 0 Å².